The van der Waals surface area contributed by atoms with Gasteiger partial charge in [-0.3, -0.25) is 14.9 Å². The number of hydrogen-bond donors (Lipinski definition) is 1. The summed E-state index contributed by atoms with van der Waals surface area (Å²) in [6.07, 6.45) is 0.0484. The minimum Gasteiger partial charge on any atom is -0.497 e. The number of nitrogens with zero attached hydrogens (tertiary/aromatic N) is 4. The van der Waals surface area contributed by atoms with Crippen molar-refractivity contribution in [1.29, 1.82) is 0 Å². The maximum Gasteiger partial charge on any atom is 0.273 e. The van der Waals surface area contributed by atoms with E-state index in [1.165, 1.54) is 17.8 Å². The monoisotopic (exact) mass is 413 g/mol. The molecule has 1 aromatic heterocycles. The zero-order valence-corrected chi connectivity index (χ0v) is 16.7. The lowest BCUT2D eigenvalue weighted by atomic mass is 10.2. The minimum absolute atomic E-state index is 0.0484. The minimum atomic E-state index is -0.402. The maximum absolute atomic E-state index is 12.3. The van der Waals surface area contributed by atoms with Crippen molar-refractivity contribution in [3.05, 3.63) is 70.0 Å². The first-order valence-electron chi connectivity index (χ1n) is 8.65. The molecule has 3 aromatic rings. The number of carbonyl (C=O) groups excluding carboxylic acids is 1. The average molecular weight is 413 g/mol. The molecule has 1 heterocycles. The van der Waals surface area contributed by atoms with Crippen LogP contribution in [0.4, 0.5) is 11.4 Å². The van der Waals surface area contributed by atoms with Gasteiger partial charge in [-0.15, -0.1) is 10.2 Å². The fourth-order valence-corrected chi connectivity index (χ4v) is 3.55. The van der Waals surface area contributed by atoms with Crippen molar-refractivity contribution >= 4 is 29.0 Å². The van der Waals surface area contributed by atoms with E-state index >= 15 is 0 Å². The van der Waals surface area contributed by atoms with E-state index in [1.54, 1.807) is 61.2 Å². The predicted octanol–water partition coefficient (Wildman–Crippen LogP) is 3.21. The lowest BCUT2D eigenvalue weighted by Gasteiger charge is -2.07. The highest BCUT2D eigenvalue weighted by atomic mass is 32.2. The quantitative estimate of drug-likeness (QED) is 0.343. The fraction of sp³-hybridized carbons (Fsp3) is 0.211. The van der Waals surface area contributed by atoms with Gasteiger partial charge < -0.3 is 14.6 Å². The Hall–Kier alpha value is -3.40. The van der Waals surface area contributed by atoms with Gasteiger partial charge in [0.05, 0.1) is 18.5 Å². The van der Waals surface area contributed by atoms with Gasteiger partial charge in [-0.25, -0.2) is 0 Å². The molecule has 0 fully saturated rings. The van der Waals surface area contributed by atoms with E-state index in [1.807, 2.05) is 0 Å². The van der Waals surface area contributed by atoms with Gasteiger partial charge in [-0.2, -0.15) is 0 Å². The first kappa shape index (κ1) is 20.3. The first-order chi connectivity index (χ1) is 14.0. The number of para-hydroxylation sites is 1. The number of nitro groups is 1. The topological polar surface area (TPSA) is 112 Å². The molecule has 10 heteroatoms. The van der Waals surface area contributed by atoms with E-state index in [2.05, 4.69) is 15.5 Å². The first-order valence-corrected chi connectivity index (χ1v) is 9.63. The van der Waals surface area contributed by atoms with Crippen LogP contribution < -0.4 is 10.1 Å². The number of anilines is 1. The lowest BCUT2D eigenvalue weighted by Crippen LogP contribution is -2.17. The number of ether oxygens (including phenoxy) is 1. The van der Waals surface area contributed by atoms with E-state index in [9.17, 15) is 14.9 Å². The van der Waals surface area contributed by atoms with Gasteiger partial charge in [0.1, 0.15) is 11.6 Å². The molecule has 9 nitrogen and oxygen atoms in total. The molecule has 0 atom stereocenters. The third kappa shape index (κ3) is 5.11. The second kappa shape index (κ2) is 9.20. The Labute approximate surface area is 171 Å². The number of carbonyl (C=O) groups is 1. The summed E-state index contributed by atoms with van der Waals surface area (Å²) in [6.45, 7) is 0. The average Bonchev–Trinajstić information content (AvgIpc) is 3.06. The van der Waals surface area contributed by atoms with Gasteiger partial charge in [0.15, 0.2) is 5.16 Å². The number of nitrogens with one attached hydrogen (secondary N) is 1. The van der Waals surface area contributed by atoms with Crippen LogP contribution in [0.1, 0.15) is 11.4 Å². The Morgan fingerprint density at radius 3 is 2.79 bits per heavy atom. The van der Waals surface area contributed by atoms with Crippen LogP contribution in [0.15, 0.2) is 53.7 Å². The van der Waals surface area contributed by atoms with Crippen LogP contribution in [-0.2, 0) is 24.0 Å². The van der Waals surface area contributed by atoms with Crippen LogP contribution in [0.25, 0.3) is 0 Å². The van der Waals surface area contributed by atoms with Gasteiger partial charge in [-0.1, -0.05) is 36.0 Å². The third-order valence-corrected chi connectivity index (χ3v) is 5.21. The van der Waals surface area contributed by atoms with Crippen molar-refractivity contribution < 1.29 is 14.5 Å². The summed E-state index contributed by atoms with van der Waals surface area (Å²) in [7, 11) is 3.32. The zero-order chi connectivity index (χ0) is 20.8. The van der Waals surface area contributed by atoms with E-state index < -0.39 is 4.92 Å². The summed E-state index contributed by atoms with van der Waals surface area (Å²) in [5.74, 6) is 1.29. The normalized spacial score (nSPS) is 10.6. The molecule has 0 saturated heterocycles. The van der Waals surface area contributed by atoms with Crippen LogP contribution in [0.2, 0.25) is 0 Å². The van der Waals surface area contributed by atoms with E-state index in [-0.39, 0.29) is 18.0 Å². The summed E-state index contributed by atoms with van der Waals surface area (Å²) in [4.78, 5) is 23.1. The second-order valence-electron chi connectivity index (χ2n) is 6.09. The molecule has 0 aliphatic carbocycles. The Kier molecular flexibility index (Phi) is 6.45. The van der Waals surface area contributed by atoms with Gasteiger partial charge in [0.25, 0.3) is 5.69 Å². The summed E-state index contributed by atoms with van der Waals surface area (Å²) in [5, 5.41) is 22.7. The molecule has 3 rings (SSSR count). The van der Waals surface area contributed by atoms with Crippen LogP contribution in [-0.4, -0.2) is 32.7 Å². The highest BCUT2D eigenvalue weighted by molar-refractivity contribution is 7.98. The number of hydrogen-bond acceptors (Lipinski definition) is 7. The number of nitro benzene ring substituents is 1. The third-order valence-electron chi connectivity index (χ3n) is 4.14. The SMILES string of the molecule is COc1cccc(NC(=O)Cc2nnc(SCc3ccccc3[N+](=O)[O-])n2C)c1. The van der Waals surface area contributed by atoms with Gasteiger partial charge in [0.2, 0.25) is 5.91 Å². The summed E-state index contributed by atoms with van der Waals surface area (Å²) in [6, 6.07) is 13.6. The summed E-state index contributed by atoms with van der Waals surface area (Å²) >= 11 is 1.33. The van der Waals surface area contributed by atoms with Crippen LogP contribution in [0.3, 0.4) is 0 Å². The van der Waals surface area contributed by atoms with Crippen molar-refractivity contribution in [1.82, 2.24) is 14.8 Å². The predicted molar refractivity (Wildman–Crippen MR) is 109 cm³/mol. The number of thioether (sulfide) groups is 1. The standard InChI is InChI=1S/C19H19N5O4S/c1-23-17(11-18(25)20-14-7-5-8-15(10-14)28-2)21-22-19(23)29-12-13-6-3-4-9-16(13)24(26)27/h3-10H,11-12H2,1-2H3,(H,20,25). The van der Waals surface area contributed by atoms with Crippen molar-refractivity contribution in [3.63, 3.8) is 0 Å². The number of methoxy groups -OCH3 is 1. The summed E-state index contributed by atoms with van der Waals surface area (Å²) < 4.78 is 6.85. The molecule has 0 aliphatic heterocycles. The largest absolute Gasteiger partial charge is 0.497 e. The Morgan fingerprint density at radius 2 is 2.03 bits per heavy atom. The van der Waals surface area contributed by atoms with Gasteiger partial charge in [0, 0.05) is 36.2 Å². The van der Waals surface area contributed by atoms with E-state index in [4.69, 9.17) is 4.74 Å². The smallest absolute Gasteiger partial charge is 0.273 e. The molecule has 1 N–H and O–H groups in total. The van der Waals surface area contributed by atoms with Crippen molar-refractivity contribution in [3.8, 4) is 5.75 Å². The Balaban J connectivity index is 1.63. The van der Waals surface area contributed by atoms with Crippen LogP contribution in [0.5, 0.6) is 5.75 Å². The maximum atomic E-state index is 12.3. The molecule has 2 aromatic carbocycles. The van der Waals surface area contributed by atoms with Gasteiger partial charge in [-0.05, 0) is 12.1 Å². The molecule has 0 radical (unpaired) electrons. The highest BCUT2D eigenvalue weighted by Crippen LogP contribution is 2.27. The second-order valence-corrected chi connectivity index (χ2v) is 7.03. The molecular formula is C19H19N5O4S. The molecule has 0 spiro atoms. The Bertz CT molecular complexity index is 1040. The van der Waals surface area contributed by atoms with Gasteiger partial charge >= 0.3 is 0 Å². The van der Waals surface area contributed by atoms with E-state index in [0.717, 1.165) is 0 Å². The van der Waals surface area contributed by atoms with Crippen LogP contribution in [0, 0.1) is 10.1 Å². The number of amides is 1. The van der Waals surface area contributed by atoms with Crippen molar-refractivity contribution in [2.45, 2.75) is 17.3 Å². The number of aromatic nitrogens is 3. The van der Waals surface area contributed by atoms with Crippen molar-refractivity contribution in [2.24, 2.45) is 7.05 Å². The lowest BCUT2D eigenvalue weighted by molar-refractivity contribution is -0.385. The number of benzene rings is 2. The zero-order valence-electron chi connectivity index (χ0n) is 15.9. The molecule has 0 bridgehead atoms. The molecular weight excluding hydrogens is 394 g/mol. The molecule has 0 saturated carbocycles. The van der Waals surface area contributed by atoms with Crippen LogP contribution >= 0.6 is 11.8 Å². The molecule has 150 valence electrons. The highest BCUT2D eigenvalue weighted by Gasteiger charge is 2.16. The fourth-order valence-electron chi connectivity index (χ4n) is 2.63. The molecule has 1 amide bonds. The summed E-state index contributed by atoms with van der Waals surface area (Å²) in [5.41, 5.74) is 1.30. The van der Waals surface area contributed by atoms with Crippen molar-refractivity contribution in [2.75, 3.05) is 12.4 Å². The molecule has 0 aliphatic rings. The molecule has 29 heavy (non-hydrogen) atoms. The number of rotatable bonds is 8. The Morgan fingerprint density at radius 1 is 1.24 bits per heavy atom. The molecule has 0 unspecified atom stereocenters. The van der Waals surface area contributed by atoms with E-state index in [0.29, 0.717) is 33.7 Å².